The predicted molar refractivity (Wildman–Crippen MR) is 68.5 cm³/mol. The lowest BCUT2D eigenvalue weighted by molar-refractivity contribution is 0.0863. The lowest BCUT2D eigenvalue weighted by Gasteiger charge is -2.31. The third kappa shape index (κ3) is 4.81. The van der Waals surface area contributed by atoms with Crippen LogP contribution in [0.5, 0.6) is 0 Å². The Morgan fingerprint density at radius 1 is 1.44 bits per heavy atom. The first-order chi connectivity index (χ1) is 7.57. The fraction of sp³-hybridized carbons (Fsp3) is 1.00. The Kier molecular flexibility index (Phi) is 5.73. The van der Waals surface area contributed by atoms with Gasteiger partial charge in [0.05, 0.1) is 6.10 Å². The Hall–Kier alpha value is -0.120. The summed E-state index contributed by atoms with van der Waals surface area (Å²) in [6.45, 7) is 11.8. The van der Waals surface area contributed by atoms with E-state index in [4.69, 9.17) is 10.5 Å². The minimum atomic E-state index is 0.229. The number of hydrogen-bond acceptors (Lipinski definition) is 3. The normalized spacial score (nSPS) is 21.9. The summed E-state index contributed by atoms with van der Waals surface area (Å²) in [6, 6.07) is 0. The molecule has 0 spiro atoms. The molecule has 16 heavy (non-hydrogen) atoms. The standard InChI is InChI=1S/C13H28N2O/c1-4-15(11-13(2,3)10-14)8-7-12-6-5-9-16-12/h12H,4-11,14H2,1-3H3. The van der Waals surface area contributed by atoms with E-state index in [1.54, 1.807) is 0 Å². The number of ether oxygens (including phenoxy) is 1. The topological polar surface area (TPSA) is 38.5 Å². The van der Waals surface area contributed by atoms with Gasteiger partial charge < -0.3 is 15.4 Å². The highest BCUT2D eigenvalue weighted by Gasteiger charge is 2.21. The van der Waals surface area contributed by atoms with Gasteiger partial charge in [-0.25, -0.2) is 0 Å². The Labute approximate surface area is 100 Å². The molecular weight excluding hydrogens is 200 g/mol. The van der Waals surface area contributed by atoms with Crippen LogP contribution in [0, 0.1) is 5.41 Å². The van der Waals surface area contributed by atoms with Crippen molar-refractivity contribution in [2.45, 2.75) is 46.1 Å². The molecule has 0 aromatic heterocycles. The van der Waals surface area contributed by atoms with Crippen LogP contribution in [0.2, 0.25) is 0 Å². The molecular formula is C13H28N2O. The van der Waals surface area contributed by atoms with Crippen LogP contribution >= 0.6 is 0 Å². The molecule has 1 atom stereocenters. The van der Waals surface area contributed by atoms with Crippen molar-refractivity contribution in [1.82, 2.24) is 4.90 Å². The van der Waals surface area contributed by atoms with Gasteiger partial charge in [-0.05, 0) is 37.8 Å². The number of nitrogens with two attached hydrogens (primary N) is 1. The Balaban J connectivity index is 2.25. The lowest BCUT2D eigenvalue weighted by atomic mass is 9.93. The van der Waals surface area contributed by atoms with Gasteiger partial charge in [-0.1, -0.05) is 20.8 Å². The van der Waals surface area contributed by atoms with Gasteiger partial charge >= 0.3 is 0 Å². The van der Waals surface area contributed by atoms with Gasteiger partial charge in [0.1, 0.15) is 0 Å². The molecule has 0 aliphatic carbocycles. The van der Waals surface area contributed by atoms with Crippen LogP contribution < -0.4 is 5.73 Å². The van der Waals surface area contributed by atoms with Crippen LogP contribution in [0.25, 0.3) is 0 Å². The van der Waals surface area contributed by atoms with Crippen LogP contribution in [0.3, 0.4) is 0 Å². The van der Waals surface area contributed by atoms with Gasteiger partial charge in [-0.2, -0.15) is 0 Å². The van der Waals surface area contributed by atoms with Crippen LogP contribution in [-0.4, -0.2) is 43.8 Å². The largest absolute Gasteiger partial charge is 0.378 e. The minimum Gasteiger partial charge on any atom is -0.378 e. The second-order valence-corrected chi connectivity index (χ2v) is 5.66. The van der Waals surface area contributed by atoms with E-state index in [1.165, 1.54) is 19.3 Å². The van der Waals surface area contributed by atoms with Crippen molar-refractivity contribution in [1.29, 1.82) is 0 Å². The van der Waals surface area contributed by atoms with Crippen molar-refractivity contribution in [3.8, 4) is 0 Å². The summed E-state index contributed by atoms with van der Waals surface area (Å²) in [5.41, 5.74) is 6.00. The van der Waals surface area contributed by atoms with Crippen LogP contribution in [-0.2, 0) is 4.74 Å². The van der Waals surface area contributed by atoms with Gasteiger partial charge in [0, 0.05) is 19.7 Å². The monoisotopic (exact) mass is 228 g/mol. The molecule has 96 valence electrons. The van der Waals surface area contributed by atoms with Gasteiger partial charge in [0.15, 0.2) is 0 Å². The number of hydrogen-bond donors (Lipinski definition) is 1. The highest BCUT2D eigenvalue weighted by molar-refractivity contribution is 4.75. The average molecular weight is 228 g/mol. The molecule has 3 nitrogen and oxygen atoms in total. The molecule has 1 aliphatic rings. The molecule has 1 aliphatic heterocycles. The van der Waals surface area contributed by atoms with Gasteiger partial charge in [0.2, 0.25) is 0 Å². The molecule has 0 aromatic rings. The average Bonchev–Trinajstić information content (AvgIpc) is 2.77. The van der Waals surface area contributed by atoms with E-state index in [0.29, 0.717) is 6.10 Å². The third-order valence-corrected chi connectivity index (χ3v) is 3.44. The van der Waals surface area contributed by atoms with Crippen molar-refractivity contribution in [3.63, 3.8) is 0 Å². The zero-order chi connectivity index (χ0) is 12.0. The first kappa shape index (κ1) is 13.9. The molecule has 1 saturated heterocycles. The molecule has 0 aromatic carbocycles. The van der Waals surface area contributed by atoms with E-state index in [0.717, 1.165) is 32.8 Å². The molecule has 0 saturated carbocycles. The molecule has 0 bridgehead atoms. The van der Waals surface area contributed by atoms with E-state index in [2.05, 4.69) is 25.7 Å². The van der Waals surface area contributed by atoms with E-state index < -0.39 is 0 Å². The zero-order valence-corrected chi connectivity index (χ0v) is 11.2. The maximum Gasteiger partial charge on any atom is 0.0588 e. The fourth-order valence-corrected chi connectivity index (χ4v) is 2.22. The first-order valence-electron chi connectivity index (χ1n) is 6.61. The highest BCUT2D eigenvalue weighted by atomic mass is 16.5. The summed E-state index contributed by atoms with van der Waals surface area (Å²) < 4.78 is 5.65. The van der Waals surface area contributed by atoms with Crippen molar-refractivity contribution >= 4 is 0 Å². The minimum absolute atomic E-state index is 0.229. The zero-order valence-electron chi connectivity index (χ0n) is 11.2. The predicted octanol–water partition coefficient (Wildman–Crippen LogP) is 1.86. The Morgan fingerprint density at radius 2 is 2.19 bits per heavy atom. The van der Waals surface area contributed by atoms with Crippen LogP contribution in [0.15, 0.2) is 0 Å². The summed E-state index contributed by atoms with van der Waals surface area (Å²) in [5.74, 6) is 0. The second-order valence-electron chi connectivity index (χ2n) is 5.66. The van der Waals surface area contributed by atoms with E-state index >= 15 is 0 Å². The molecule has 1 fully saturated rings. The molecule has 0 radical (unpaired) electrons. The lowest BCUT2D eigenvalue weighted by Crippen LogP contribution is -2.39. The van der Waals surface area contributed by atoms with E-state index in [1.807, 2.05) is 0 Å². The SMILES string of the molecule is CCN(CCC1CCCO1)CC(C)(C)CN. The van der Waals surface area contributed by atoms with Crippen molar-refractivity contribution in [2.24, 2.45) is 11.1 Å². The molecule has 2 N–H and O–H groups in total. The Morgan fingerprint density at radius 3 is 2.69 bits per heavy atom. The Bertz CT molecular complexity index is 188. The van der Waals surface area contributed by atoms with Crippen LogP contribution in [0.4, 0.5) is 0 Å². The summed E-state index contributed by atoms with van der Waals surface area (Å²) >= 11 is 0. The molecule has 0 amide bonds. The maximum atomic E-state index is 5.78. The fourth-order valence-electron chi connectivity index (χ4n) is 2.22. The van der Waals surface area contributed by atoms with E-state index in [9.17, 15) is 0 Å². The van der Waals surface area contributed by atoms with Crippen molar-refractivity contribution in [3.05, 3.63) is 0 Å². The van der Waals surface area contributed by atoms with E-state index in [-0.39, 0.29) is 5.41 Å². The quantitative estimate of drug-likeness (QED) is 0.723. The summed E-state index contributed by atoms with van der Waals surface area (Å²) in [6.07, 6.45) is 4.17. The molecule has 1 unspecified atom stereocenters. The first-order valence-corrected chi connectivity index (χ1v) is 6.61. The molecule has 3 heteroatoms. The third-order valence-electron chi connectivity index (χ3n) is 3.44. The second kappa shape index (κ2) is 6.58. The molecule has 1 rings (SSSR count). The maximum absolute atomic E-state index is 5.78. The van der Waals surface area contributed by atoms with Crippen LogP contribution in [0.1, 0.15) is 40.0 Å². The summed E-state index contributed by atoms with van der Waals surface area (Å²) in [7, 11) is 0. The number of nitrogens with zero attached hydrogens (tertiary/aromatic N) is 1. The number of rotatable bonds is 7. The van der Waals surface area contributed by atoms with Crippen molar-refractivity contribution in [2.75, 3.05) is 32.8 Å². The summed E-state index contributed by atoms with van der Waals surface area (Å²) in [5, 5.41) is 0. The van der Waals surface area contributed by atoms with Gasteiger partial charge in [-0.15, -0.1) is 0 Å². The smallest absolute Gasteiger partial charge is 0.0588 e. The molecule has 1 heterocycles. The summed E-state index contributed by atoms with van der Waals surface area (Å²) in [4.78, 5) is 2.49. The van der Waals surface area contributed by atoms with Gasteiger partial charge in [-0.3, -0.25) is 0 Å². The van der Waals surface area contributed by atoms with Gasteiger partial charge in [0.25, 0.3) is 0 Å². The highest BCUT2D eigenvalue weighted by Crippen LogP contribution is 2.18. The van der Waals surface area contributed by atoms with Crippen molar-refractivity contribution < 1.29 is 4.74 Å².